The van der Waals surface area contributed by atoms with E-state index in [9.17, 15) is 0 Å². The molecule has 0 aliphatic carbocycles. The van der Waals surface area contributed by atoms with Gasteiger partial charge >= 0.3 is 0 Å². The maximum atomic E-state index is 5.60. The number of benzene rings is 1. The van der Waals surface area contributed by atoms with Crippen LogP contribution in [0.2, 0.25) is 0 Å². The van der Waals surface area contributed by atoms with E-state index in [-0.39, 0.29) is 12.1 Å². The summed E-state index contributed by atoms with van der Waals surface area (Å²) in [5.41, 5.74) is 4.89. The van der Waals surface area contributed by atoms with E-state index in [0.717, 1.165) is 16.5 Å². The second-order valence-electron chi connectivity index (χ2n) is 4.56. The molecule has 0 aliphatic rings. The molecule has 0 bridgehead atoms. The molecule has 0 amide bonds. The number of fused-ring (bicyclic) bond motifs is 1. The van der Waals surface area contributed by atoms with Gasteiger partial charge in [0.1, 0.15) is 0 Å². The van der Waals surface area contributed by atoms with Crippen molar-refractivity contribution in [3.63, 3.8) is 0 Å². The number of nitrogens with zero attached hydrogens (tertiary/aromatic N) is 1. The van der Waals surface area contributed by atoms with Crippen LogP contribution in [0, 0.1) is 0 Å². The number of pyridine rings is 1. The zero-order chi connectivity index (χ0) is 13.0. The largest absolute Gasteiger partial charge is 0.377 e. The predicted molar refractivity (Wildman–Crippen MR) is 72.9 cm³/mol. The Bertz CT molecular complexity index is 513. The summed E-state index contributed by atoms with van der Waals surface area (Å²) in [6, 6.07) is 10.1. The molecular weight excluding hydrogens is 226 g/mol. The van der Waals surface area contributed by atoms with Gasteiger partial charge in [0.2, 0.25) is 0 Å². The van der Waals surface area contributed by atoms with Crippen molar-refractivity contribution in [2.45, 2.75) is 26.0 Å². The molecule has 4 nitrogen and oxygen atoms in total. The smallest absolute Gasteiger partial charge is 0.0702 e. The molecule has 1 aromatic heterocycles. The molecule has 0 aliphatic heterocycles. The van der Waals surface area contributed by atoms with E-state index in [1.54, 1.807) is 6.20 Å². The first kappa shape index (κ1) is 13.0. The highest BCUT2D eigenvalue weighted by molar-refractivity contribution is 5.79. The topological polar surface area (TPSA) is 60.2 Å². The Balaban J connectivity index is 2.22. The quantitative estimate of drug-likeness (QED) is 0.626. The van der Waals surface area contributed by atoms with Gasteiger partial charge in [-0.2, -0.15) is 0 Å². The predicted octanol–water partition coefficient (Wildman–Crippen LogP) is 2.16. The molecule has 4 heteroatoms. The molecule has 0 saturated heterocycles. The van der Waals surface area contributed by atoms with Crippen LogP contribution in [0.1, 0.15) is 25.5 Å². The lowest BCUT2D eigenvalue weighted by atomic mass is 10.1. The van der Waals surface area contributed by atoms with Gasteiger partial charge in [-0.3, -0.25) is 16.3 Å². The van der Waals surface area contributed by atoms with Crippen molar-refractivity contribution in [2.24, 2.45) is 5.84 Å². The van der Waals surface area contributed by atoms with Crippen LogP contribution >= 0.6 is 0 Å². The van der Waals surface area contributed by atoms with Crippen molar-refractivity contribution >= 4 is 10.9 Å². The van der Waals surface area contributed by atoms with Crippen LogP contribution in [0.3, 0.4) is 0 Å². The van der Waals surface area contributed by atoms with Gasteiger partial charge in [0, 0.05) is 11.6 Å². The fraction of sp³-hybridized carbons (Fsp3) is 0.357. The Kier molecular flexibility index (Phi) is 4.25. The van der Waals surface area contributed by atoms with Crippen LogP contribution in [0.25, 0.3) is 10.9 Å². The molecule has 2 rings (SSSR count). The first-order valence-electron chi connectivity index (χ1n) is 6.13. The summed E-state index contributed by atoms with van der Waals surface area (Å²) in [4.78, 5) is 4.30. The number of rotatable bonds is 5. The van der Waals surface area contributed by atoms with E-state index in [2.05, 4.69) is 16.5 Å². The third-order valence-electron chi connectivity index (χ3n) is 2.83. The molecule has 96 valence electrons. The van der Waals surface area contributed by atoms with Crippen molar-refractivity contribution in [1.29, 1.82) is 0 Å². The lowest BCUT2D eigenvalue weighted by molar-refractivity contribution is 0.0612. The summed E-state index contributed by atoms with van der Waals surface area (Å²) in [5, 5.41) is 1.11. The van der Waals surface area contributed by atoms with E-state index in [1.807, 2.05) is 38.1 Å². The second kappa shape index (κ2) is 5.91. The van der Waals surface area contributed by atoms with Gasteiger partial charge in [0.05, 0.1) is 24.3 Å². The minimum absolute atomic E-state index is 0.00277. The minimum atomic E-state index is -0.00277. The van der Waals surface area contributed by atoms with E-state index in [1.165, 1.54) is 0 Å². The minimum Gasteiger partial charge on any atom is -0.377 e. The van der Waals surface area contributed by atoms with E-state index in [4.69, 9.17) is 10.6 Å². The molecule has 3 N–H and O–H groups in total. The fourth-order valence-electron chi connectivity index (χ4n) is 1.84. The Labute approximate surface area is 107 Å². The highest BCUT2D eigenvalue weighted by atomic mass is 16.5. The molecule has 1 aromatic carbocycles. The van der Waals surface area contributed by atoms with Gasteiger partial charge in [-0.05, 0) is 37.6 Å². The maximum Gasteiger partial charge on any atom is 0.0702 e. The van der Waals surface area contributed by atoms with Gasteiger partial charge in [-0.25, -0.2) is 0 Å². The van der Waals surface area contributed by atoms with Gasteiger partial charge in [-0.1, -0.05) is 12.1 Å². The zero-order valence-corrected chi connectivity index (χ0v) is 10.8. The monoisotopic (exact) mass is 245 g/mol. The molecular formula is C14H19N3O. The van der Waals surface area contributed by atoms with Crippen LogP contribution in [0.4, 0.5) is 0 Å². The number of hydrazine groups is 1. The van der Waals surface area contributed by atoms with Gasteiger partial charge in [-0.15, -0.1) is 0 Å². The first-order valence-corrected chi connectivity index (χ1v) is 6.13. The fourth-order valence-corrected chi connectivity index (χ4v) is 1.84. The molecule has 2 aromatic rings. The highest BCUT2D eigenvalue weighted by Crippen LogP contribution is 2.19. The average Bonchev–Trinajstić information content (AvgIpc) is 2.39. The van der Waals surface area contributed by atoms with Crippen LogP contribution in [0.15, 0.2) is 36.5 Å². The van der Waals surface area contributed by atoms with Crippen molar-refractivity contribution in [3.8, 4) is 0 Å². The summed E-state index contributed by atoms with van der Waals surface area (Å²) in [5.74, 6) is 5.59. The van der Waals surface area contributed by atoms with E-state index < -0.39 is 0 Å². The van der Waals surface area contributed by atoms with Gasteiger partial charge < -0.3 is 4.74 Å². The normalized spacial score (nSPS) is 13.1. The summed E-state index contributed by atoms with van der Waals surface area (Å²) in [7, 11) is 0. The molecule has 0 spiro atoms. The van der Waals surface area contributed by atoms with Crippen LogP contribution < -0.4 is 11.3 Å². The molecule has 18 heavy (non-hydrogen) atoms. The Hall–Kier alpha value is -1.49. The number of nitrogens with one attached hydrogen (secondary N) is 1. The Morgan fingerprint density at radius 3 is 2.89 bits per heavy atom. The maximum absolute atomic E-state index is 5.60. The van der Waals surface area contributed by atoms with Crippen molar-refractivity contribution in [2.75, 3.05) is 6.61 Å². The molecule has 0 radical (unpaired) electrons. The van der Waals surface area contributed by atoms with Crippen molar-refractivity contribution in [3.05, 3.63) is 42.1 Å². The second-order valence-corrected chi connectivity index (χ2v) is 4.56. The lowest BCUT2D eigenvalue weighted by Crippen LogP contribution is -2.32. The van der Waals surface area contributed by atoms with Gasteiger partial charge in [0.25, 0.3) is 0 Å². The SMILES string of the molecule is CC(C)OCC(NN)c1ccc2ncccc2c1. The molecule has 1 heterocycles. The van der Waals surface area contributed by atoms with Crippen LogP contribution in [-0.2, 0) is 4.74 Å². The van der Waals surface area contributed by atoms with E-state index >= 15 is 0 Å². The van der Waals surface area contributed by atoms with Gasteiger partial charge in [0.15, 0.2) is 0 Å². The summed E-state index contributed by atoms with van der Waals surface area (Å²) >= 11 is 0. The molecule has 1 unspecified atom stereocenters. The highest BCUT2D eigenvalue weighted by Gasteiger charge is 2.11. The Morgan fingerprint density at radius 2 is 2.17 bits per heavy atom. The molecule has 0 saturated carbocycles. The first-order chi connectivity index (χ1) is 8.70. The summed E-state index contributed by atoms with van der Waals surface area (Å²) in [6.45, 7) is 4.58. The lowest BCUT2D eigenvalue weighted by Gasteiger charge is -2.18. The number of nitrogens with two attached hydrogens (primary N) is 1. The third-order valence-corrected chi connectivity index (χ3v) is 2.83. The summed E-state index contributed by atoms with van der Waals surface area (Å²) < 4.78 is 5.60. The van der Waals surface area contributed by atoms with Crippen molar-refractivity contribution in [1.82, 2.24) is 10.4 Å². The number of hydrogen-bond donors (Lipinski definition) is 2. The average molecular weight is 245 g/mol. The number of hydrogen-bond acceptors (Lipinski definition) is 4. The van der Waals surface area contributed by atoms with Crippen LogP contribution in [0.5, 0.6) is 0 Å². The van der Waals surface area contributed by atoms with Crippen molar-refractivity contribution < 1.29 is 4.74 Å². The summed E-state index contributed by atoms with van der Waals surface area (Å²) in [6.07, 6.45) is 1.99. The zero-order valence-electron chi connectivity index (χ0n) is 10.8. The number of aromatic nitrogens is 1. The molecule has 1 atom stereocenters. The van der Waals surface area contributed by atoms with E-state index in [0.29, 0.717) is 6.61 Å². The number of ether oxygens (including phenoxy) is 1. The molecule has 0 fully saturated rings. The Morgan fingerprint density at radius 1 is 1.33 bits per heavy atom. The standard InChI is InChI=1S/C14H19N3O/c1-10(2)18-9-14(17-15)12-5-6-13-11(8-12)4-3-7-16-13/h3-8,10,14,17H,9,15H2,1-2H3. The third kappa shape index (κ3) is 3.04. The van der Waals surface area contributed by atoms with Crippen LogP contribution in [-0.4, -0.2) is 17.7 Å².